The first kappa shape index (κ1) is 21.0. The number of nitrogens with zero attached hydrogens (tertiary/aromatic N) is 2. The summed E-state index contributed by atoms with van der Waals surface area (Å²) in [6.07, 6.45) is 2.69. The van der Waals surface area contributed by atoms with Crippen molar-refractivity contribution in [2.45, 2.75) is 18.9 Å². The summed E-state index contributed by atoms with van der Waals surface area (Å²) in [5.74, 6) is 3.39. The van der Waals surface area contributed by atoms with Crippen LogP contribution in [0.3, 0.4) is 0 Å². The maximum absolute atomic E-state index is 12.5. The SMILES string of the molecule is Cc1ccc(Oc2ccc(NC(=O)NCC3(N4CCOCC4)CCSC3)cn2)cc1. The van der Waals surface area contributed by atoms with Gasteiger partial charge in [-0.15, -0.1) is 0 Å². The number of ether oxygens (including phenoxy) is 2. The molecule has 0 bridgehead atoms. The zero-order chi connectivity index (χ0) is 20.8. The van der Waals surface area contributed by atoms with Crippen LogP contribution in [0.15, 0.2) is 42.6 Å². The standard InChI is InChI=1S/C22H28N4O3S/c1-17-2-5-19(6-3-17)29-20-7-4-18(14-23-20)25-21(27)24-15-22(8-13-30-16-22)26-9-11-28-12-10-26/h2-7,14H,8-13,15-16H2,1H3,(H2,24,25,27). The Morgan fingerprint density at radius 3 is 2.70 bits per heavy atom. The summed E-state index contributed by atoms with van der Waals surface area (Å²) in [6.45, 7) is 6.05. The van der Waals surface area contributed by atoms with E-state index in [1.165, 1.54) is 5.56 Å². The number of morpholine rings is 1. The zero-order valence-corrected chi connectivity index (χ0v) is 18.0. The van der Waals surface area contributed by atoms with Crippen LogP contribution in [-0.2, 0) is 4.74 Å². The Morgan fingerprint density at radius 2 is 2.03 bits per heavy atom. The third-order valence-electron chi connectivity index (χ3n) is 5.58. The second-order valence-corrected chi connectivity index (χ2v) is 8.84. The van der Waals surface area contributed by atoms with Crippen molar-refractivity contribution in [3.05, 3.63) is 48.2 Å². The van der Waals surface area contributed by atoms with E-state index in [9.17, 15) is 4.79 Å². The van der Waals surface area contributed by atoms with Gasteiger partial charge in [-0.2, -0.15) is 11.8 Å². The van der Waals surface area contributed by atoms with E-state index in [0.29, 0.717) is 18.1 Å². The van der Waals surface area contributed by atoms with E-state index in [2.05, 4.69) is 20.5 Å². The van der Waals surface area contributed by atoms with Crippen molar-refractivity contribution in [2.75, 3.05) is 49.7 Å². The molecule has 30 heavy (non-hydrogen) atoms. The molecule has 2 N–H and O–H groups in total. The maximum Gasteiger partial charge on any atom is 0.319 e. The van der Waals surface area contributed by atoms with Gasteiger partial charge >= 0.3 is 6.03 Å². The quantitative estimate of drug-likeness (QED) is 0.733. The van der Waals surface area contributed by atoms with Crippen molar-refractivity contribution < 1.29 is 14.3 Å². The van der Waals surface area contributed by atoms with Gasteiger partial charge in [0.2, 0.25) is 5.88 Å². The molecule has 7 nitrogen and oxygen atoms in total. The van der Waals surface area contributed by atoms with Gasteiger partial charge in [-0.25, -0.2) is 9.78 Å². The third-order valence-corrected chi connectivity index (χ3v) is 6.81. The highest BCUT2D eigenvalue weighted by Gasteiger charge is 2.40. The summed E-state index contributed by atoms with van der Waals surface area (Å²) in [5.41, 5.74) is 1.83. The van der Waals surface area contributed by atoms with Crippen molar-refractivity contribution in [1.29, 1.82) is 0 Å². The first-order valence-electron chi connectivity index (χ1n) is 10.3. The number of aryl methyl sites for hydroxylation is 1. The molecule has 1 aromatic carbocycles. The molecule has 8 heteroatoms. The monoisotopic (exact) mass is 428 g/mol. The lowest BCUT2D eigenvalue weighted by molar-refractivity contribution is -0.0123. The summed E-state index contributed by atoms with van der Waals surface area (Å²) in [4.78, 5) is 19.2. The van der Waals surface area contributed by atoms with E-state index in [-0.39, 0.29) is 11.6 Å². The molecule has 1 unspecified atom stereocenters. The Kier molecular flexibility index (Phi) is 6.76. The molecular weight excluding hydrogens is 400 g/mol. The van der Waals surface area contributed by atoms with Gasteiger partial charge in [0.05, 0.1) is 25.1 Å². The maximum atomic E-state index is 12.5. The van der Waals surface area contributed by atoms with E-state index in [1.807, 2.05) is 43.0 Å². The molecule has 4 rings (SSSR count). The highest BCUT2D eigenvalue weighted by Crippen LogP contribution is 2.33. The number of carbonyl (C=O) groups is 1. The number of amides is 2. The van der Waals surface area contributed by atoms with Gasteiger partial charge in [0, 0.05) is 37.0 Å². The van der Waals surface area contributed by atoms with E-state index in [4.69, 9.17) is 9.47 Å². The largest absolute Gasteiger partial charge is 0.439 e. The molecule has 2 aromatic rings. The molecule has 2 aliphatic rings. The van der Waals surface area contributed by atoms with Crippen molar-refractivity contribution in [3.63, 3.8) is 0 Å². The molecule has 0 aliphatic carbocycles. The van der Waals surface area contributed by atoms with Crippen molar-refractivity contribution >= 4 is 23.5 Å². The second-order valence-electron chi connectivity index (χ2n) is 7.73. The van der Waals surface area contributed by atoms with E-state index in [1.54, 1.807) is 18.3 Å². The first-order valence-corrected chi connectivity index (χ1v) is 11.4. The Hall–Kier alpha value is -2.29. The number of benzene rings is 1. The smallest absolute Gasteiger partial charge is 0.319 e. The summed E-state index contributed by atoms with van der Waals surface area (Å²) in [5, 5.41) is 5.93. The third kappa shape index (κ3) is 5.24. The lowest BCUT2D eigenvalue weighted by atomic mass is 9.95. The Balaban J connectivity index is 1.29. The fourth-order valence-electron chi connectivity index (χ4n) is 3.80. The van der Waals surface area contributed by atoms with Gasteiger partial charge in [0.1, 0.15) is 5.75 Å². The van der Waals surface area contributed by atoms with Crippen LogP contribution in [0.5, 0.6) is 11.6 Å². The van der Waals surface area contributed by atoms with Crippen LogP contribution in [0.2, 0.25) is 0 Å². The van der Waals surface area contributed by atoms with Gasteiger partial charge in [-0.3, -0.25) is 4.90 Å². The lowest BCUT2D eigenvalue weighted by Gasteiger charge is -2.43. The second kappa shape index (κ2) is 9.68. The number of carbonyl (C=O) groups excluding carboxylic acids is 1. The number of aromatic nitrogens is 1. The number of thioether (sulfide) groups is 1. The Labute approximate surface area is 181 Å². The van der Waals surface area contributed by atoms with Crippen LogP contribution in [0.1, 0.15) is 12.0 Å². The highest BCUT2D eigenvalue weighted by atomic mass is 32.2. The minimum Gasteiger partial charge on any atom is -0.439 e. The number of pyridine rings is 1. The zero-order valence-electron chi connectivity index (χ0n) is 17.2. The van der Waals surface area contributed by atoms with Crippen molar-refractivity contribution in [2.24, 2.45) is 0 Å². The first-order chi connectivity index (χ1) is 14.6. The average molecular weight is 429 g/mol. The predicted molar refractivity (Wildman–Crippen MR) is 120 cm³/mol. The summed E-state index contributed by atoms with van der Waals surface area (Å²) < 4.78 is 11.2. The summed E-state index contributed by atoms with van der Waals surface area (Å²) in [6, 6.07) is 11.1. The van der Waals surface area contributed by atoms with Gasteiger partial charge < -0.3 is 20.1 Å². The Bertz CT molecular complexity index is 832. The number of nitrogens with one attached hydrogen (secondary N) is 2. The normalized spacial score (nSPS) is 21.9. The van der Waals surface area contributed by atoms with E-state index < -0.39 is 0 Å². The molecule has 0 saturated carbocycles. The van der Waals surface area contributed by atoms with Crippen LogP contribution >= 0.6 is 11.8 Å². The van der Waals surface area contributed by atoms with Crippen molar-refractivity contribution in [3.8, 4) is 11.6 Å². The van der Waals surface area contributed by atoms with Gasteiger partial charge in [-0.1, -0.05) is 17.7 Å². The lowest BCUT2D eigenvalue weighted by Crippen LogP contribution is -2.59. The van der Waals surface area contributed by atoms with Crippen LogP contribution in [0.25, 0.3) is 0 Å². The van der Waals surface area contributed by atoms with Gasteiger partial charge in [0.25, 0.3) is 0 Å². The molecule has 0 radical (unpaired) electrons. The molecule has 1 atom stereocenters. The molecule has 1 aromatic heterocycles. The minimum absolute atomic E-state index is 0.0236. The average Bonchev–Trinajstić information content (AvgIpc) is 3.26. The molecule has 2 fully saturated rings. The minimum atomic E-state index is -0.214. The molecule has 160 valence electrons. The number of rotatable bonds is 6. The number of hydrogen-bond donors (Lipinski definition) is 2. The van der Waals surface area contributed by atoms with Gasteiger partial charge in [-0.05, 0) is 37.3 Å². The van der Waals surface area contributed by atoms with Crippen molar-refractivity contribution in [1.82, 2.24) is 15.2 Å². The summed E-state index contributed by atoms with van der Waals surface area (Å²) in [7, 11) is 0. The molecule has 2 saturated heterocycles. The van der Waals surface area contributed by atoms with E-state index in [0.717, 1.165) is 50.0 Å². The summed E-state index contributed by atoms with van der Waals surface area (Å²) >= 11 is 1.96. The van der Waals surface area contributed by atoms with Crippen LogP contribution in [0.4, 0.5) is 10.5 Å². The highest BCUT2D eigenvalue weighted by molar-refractivity contribution is 7.99. The number of anilines is 1. The topological polar surface area (TPSA) is 75.7 Å². The van der Waals surface area contributed by atoms with E-state index >= 15 is 0 Å². The molecular formula is C22H28N4O3S. The predicted octanol–water partition coefficient (Wildman–Crippen LogP) is 3.51. The molecule has 2 amide bonds. The fourth-order valence-corrected chi connectivity index (χ4v) is 5.27. The molecule has 3 heterocycles. The molecule has 0 spiro atoms. The molecule has 2 aliphatic heterocycles. The Morgan fingerprint density at radius 1 is 1.23 bits per heavy atom. The number of hydrogen-bond acceptors (Lipinski definition) is 6. The van der Waals surface area contributed by atoms with Crippen LogP contribution in [0, 0.1) is 6.92 Å². The number of urea groups is 1. The van der Waals surface area contributed by atoms with Crippen LogP contribution in [-0.4, -0.2) is 65.8 Å². The van der Waals surface area contributed by atoms with Crippen LogP contribution < -0.4 is 15.4 Å². The van der Waals surface area contributed by atoms with Gasteiger partial charge in [0.15, 0.2) is 0 Å². The fraction of sp³-hybridized carbons (Fsp3) is 0.455.